The van der Waals surface area contributed by atoms with Gasteiger partial charge in [0.25, 0.3) is 0 Å². The third-order valence-electron chi connectivity index (χ3n) is 6.24. The Morgan fingerprint density at radius 2 is 1.74 bits per heavy atom. The molecule has 0 atom stereocenters. The zero-order valence-electron chi connectivity index (χ0n) is 18.5. The maximum absolute atomic E-state index is 11.9. The fourth-order valence-electron chi connectivity index (χ4n) is 4.41. The second-order valence-electron chi connectivity index (χ2n) is 8.02. The Morgan fingerprint density at radius 3 is 2.32 bits per heavy atom. The summed E-state index contributed by atoms with van der Waals surface area (Å²) in [6, 6.07) is 6.88. The van der Waals surface area contributed by atoms with Gasteiger partial charge in [-0.2, -0.15) is 0 Å². The molecule has 1 saturated carbocycles. The molecule has 31 heavy (non-hydrogen) atoms. The number of morpholine rings is 1. The molecule has 3 rings (SSSR count). The zero-order chi connectivity index (χ0) is 21.5. The molecule has 0 aromatic heterocycles. The maximum Gasteiger partial charge on any atom is 0.240 e. The number of rotatable bonds is 7. The van der Waals surface area contributed by atoms with Crippen LogP contribution in [0.2, 0.25) is 0 Å². The van der Waals surface area contributed by atoms with E-state index in [1.807, 2.05) is 12.1 Å². The van der Waals surface area contributed by atoms with E-state index in [0.717, 1.165) is 44.4 Å². The summed E-state index contributed by atoms with van der Waals surface area (Å²) in [5, 5.41) is 6.89. The molecule has 1 aliphatic heterocycles. The van der Waals surface area contributed by atoms with Crippen molar-refractivity contribution in [2.75, 3.05) is 46.9 Å². The smallest absolute Gasteiger partial charge is 0.240 e. The molecule has 10 heteroatoms. The molecule has 176 valence electrons. The number of ether oxygens (including phenoxy) is 1. The Labute approximate surface area is 203 Å². The van der Waals surface area contributed by atoms with Gasteiger partial charge in [-0.1, -0.05) is 31.4 Å². The van der Waals surface area contributed by atoms with Crippen LogP contribution in [0.3, 0.4) is 0 Å². The molecule has 0 spiro atoms. The molecule has 1 aromatic carbocycles. The van der Waals surface area contributed by atoms with Crippen molar-refractivity contribution in [3.05, 3.63) is 29.8 Å². The average molecular weight is 566 g/mol. The van der Waals surface area contributed by atoms with Crippen LogP contribution in [0.25, 0.3) is 0 Å². The van der Waals surface area contributed by atoms with Gasteiger partial charge in [0.2, 0.25) is 10.0 Å². The van der Waals surface area contributed by atoms with E-state index in [4.69, 9.17) is 4.74 Å². The highest BCUT2D eigenvalue weighted by molar-refractivity contribution is 14.0. The summed E-state index contributed by atoms with van der Waals surface area (Å²) < 4.78 is 31.6. The van der Waals surface area contributed by atoms with Crippen LogP contribution in [-0.2, 0) is 21.3 Å². The molecule has 1 aliphatic carbocycles. The highest BCUT2D eigenvalue weighted by Gasteiger charge is 2.38. The van der Waals surface area contributed by atoms with Gasteiger partial charge in [0.15, 0.2) is 5.96 Å². The van der Waals surface area contributed by atoms with Crippen LogP contribution in [0.15, 0.2) is 34.2 Å². The summed E-state index contributed by atoms with van der Waals surface area (Å²) in [6.07, 6.45) is 6.27. The lowest BCUT2D eigenvalue weighted by molar-refractivity contribution is -0.0352. The van der Waals surface area contributed by atoms with Gasteiger partial charge >= 0.3 is 0 Å². The minimum atomic E-state index is -3.41. The molecule has 3 N–H and O–H groups in total. The van der Waals surface area contributed by atoms with Crippen LogP contribution in [0, 0.1) is 0 Å². The molecule has 1 saturated heterocycles. The molecule has 1 heterocycles. The van der Waals surface area contributed by atoms with Crippen LogP contribution in [-0.4, -0.2) is 71.8 Å². The normalized spacial score (nSPS) is 20.0. The molecule has 1 aromatic rings. The number of benzene rings is 1. The summed E-state index contributed by atoms with van der Waals surface area (Å²) in [5.41, 5.74) is 1.16. The third-order valence-corrected chi connectivity index (χ3v) is 7.67. The molecule has 0 bridgehead atoms. The molecule has 0 amide bonds. The number of hydrogen-bond acceptors (Lipinski definition) is 5. The Hall–Kier alpha value is -0.950. The topological polar surface area (TPSA) is 95.1 Å². The number of sulfonamides is 1. The Morgan fingerprint density at radius 1 is 1.10 bits per heavy atom. The van der Waals surface area contributed by atoms with E-state index in [9.17, 15) is 8.42 Å². The largest absolute Gasteiger partial charge is 0.379 e. The number of aliphatic imine (C=N–C) groups is 1. The van der Waals surface area contributed by atoms with Gasteiger partial charge in [0.1, 0.15) is 0 Å². The van der Waals surface area contributed by atoms with Gasteiger partial charge in [-0.15, -0.1) is 24.0 Å². The van der Waals surface area contributed by atoms with Crippen molar-refractivity contribution in [3.8, 4) is 0 Å². The highest BCUT2D eigenvalue weighted by atomic mass is 127. The Bertz CT molecular complexity index is 805. The molecule has 0 unspecified atom stereocenters. The van der Waals surface area contributed by atoms with E-state index in [-0.39, 0.29) is 34.4 Å². The number of halogens is 1. The quantitative estimate of drug-likeness (QED) is 0.266. The van der Waals surface area contributed by atoms with Crippen molar-refractivity contribution in [1.82, 2.24) is 20.3 Å². The first kappa shape index (κ1) is 26.3. The van der Waals surface area contributed by atoms with Gasteiger partial charge in [0, 0.05) is 38.8 Å². The Kier molecular flexibility index (Phi) is 10.5. The first-order valence-corrected chi connectivity index (χ1v) is 12.3. The fraction of sp³-hybridized carbons (Fsp3) is 0.667. The average Bonchev–Trinajstić information content (AvgIpc) is 2.80. The summed E-state index contributed by atoms with van der Waals surface area (Å²) in [4.78, 5) is 7.25. The van der Waals surface area contributed by atoms with Crippen molar-refractivity contribution in [2.45, 2.75) is 49.1 Å². The minimum absolute atomic E-state index is 0. The Balaban J connectivity index is 0.00000341. The van der Waals surface area contributed by atoms with E-state index in [2.05, 4.69) is 25.2 Å². The number of nitrogens with one attached hydrogen (secondary N) is 3. The lowest BCUT2D eigenvalue weighted by Crippen LogP contribution is -2.60. The van der Waals surface area contributed by atoms with Crippen LogP contribution in [0.1, 0.15) is 37.7 Å². The fourth-order valence-corrected chi connectivity index (χ4v) is 5.14. The van der Waals surface area contributed by atoms with Gasteiger partial charge < -0.3 is 15.4 Å². The predicted molar refractivity (Wildman–Crippen MR) is 135 cm³/mol. The van der Waals surface area contributed by atoms with Crippen LogP contribution >= 0.6 is 24.0 Å². The summed E-state index contributed by atoms with van der Waals surface area (Å²) in [7, 11) is -0.218. The molecule has 8 nitrogen and oxygen atoms in total. The molecule has 0 radical (unpaired) electrons. The van der Waals surface area contributed by atoms with Gasteiger partial charge in [-0.05, 0) is 37.6 Å². The van der Waals surface area contributed by atoms with Crippen molar-refractivity contribution in [3.63, 3.8) is 0 Å². The number of nitrogens with zero attached hydrogens (tertiary/aromatic N) is 2. The van der Waals surface area contributed by atoms with Gasteiger partial charge in [-0.3, -0.25) is 9.89 Å². The summed E-state index contributed by atoms with van der Waals surface area (Å²) in [5.74, 6) is 0.764. The highest BCUT2D eigenvalue weighted by Crippen LogP contribution is 2.33. The first-order valence-electron chi connectivity index (χ1n) is 10.8. The van der Waals surface area contributed by atoms with Gasteiger partial charge in [-0.25, -0.2) is 13.1 Å². The van der Waals surface area contributed by atoms with Crippen LogP contribution in [0.4, 0.5) is 0 Å². The van der Waals surface area contributed by atoms with E-state index >= 15 is 0 Å². The molecule has 2 fully saturated rings. The van der Waals surface area contributed by atoms with E-state index < -0.39 is 10.0 Å². The first-order chi connectivity index (χ1) is 14.5. The monoisotopic (exact) mass is 565 g/mol. The molecular formula is C21H36IN5O3S. The lowest BCUT2D eigenvalue weighted by Gasteiger charge is -2.48. The maximum atomic E-state index is 11.9. The minimum Gasteiger partial charge on any atom is -0.379 e. The number of guanidine groups is 1. The van der Waals surface area contributed by atoms with Crippen LogP contribution < -0.4 is 15.4 Å². The zero-order valence-corrected chi connectivity index (χ0v) is 21.7. The second-order valence-corrected chi connectivity index (χ2v) is 9.90. The van der Waals surface area contributed by atoms with Crippen molar-refractivity contribution < 1.29 is 13.2 Å². The van der Waals surface area contributed by atoms with Crippen molar-refractivity contribution in [2.24, 2.45) is 4.99 Å². The number of hydrogen-bond donors (Lipinski definition) is 3. The summed E-state index contributed by atoms with van der Waals surface area (Å²) >= 11 is 0. The SMILES string of the molecule is CN=C(NCc1ccc(S(=O)(=O)NC)cc1)NCC1(N2CCOCC2)CCCCC1.I. The summed E-state index contributed by atoms with van der Waals surface area (Å²) in [6.45, 7) is 5.06. The predicted octanol–water partition coefficient (Wildman–Crippen LogP) is 1.91. The van der Waals surface area contributed by atoms with Crippen molar-refractivity contribution >= 4 is 40.0 Å². The van der Waals surface area contributed by atoms with E-state index in [1.165, 1.54) is 39.2 Å². The standard InChI is InChI=1S/C21H35N5O3S.HI/c1-22-20(24-16-18-6-8-19(9-7-18)30(27,28)23-2)25-17-21(10-4-3-5-11-21)26-12-14-29-15-13-26;/h6-9,23H,3-5,10-17H2,1-2H3,(H2,22,24,25);1H. The van der Waals surface area contributed by atoms with Crippen molar-refractivity contribution in [1.29, 1.82) is 0 Å². The van der Waals surface area contributed by atoms with Crippen LogP contribution in [0.5, 0.6) is 0 Å². The van der Waals surface area contributed by atoms with Gasteiger partial charge in [0.05, 0.1) is 18.1 Å². The molecule has 2 aliphatic rings. The van der Waals surface area contributed by atoms with E-state index in [0.29, 0.717) is 6.54 Å². The third kappa shape index (κ3) is 7.01. The van der Waals surface area contributed by atoms with E-state index in [1.54, 1.807) is 19.2 Å². The second kappa shape index (κ2) is 12.3. The molecular weight excluding hydrogens is 529 g/mol. The lowest BCUT2D eigenvalue weighted by atomic mass is 9.80.